The maximum Gasteiger partial charge on any atom is 0.573 e. The van der Waals surface area contributed by atoms with E-state index in [-0.39, 0.29) is 28.4 Å². The van der Waals surface area contributed by atoms with Crippen LogP contribution in [0.1, 0.15) is 26.3 Å². The van der Waals surface area contributed by atoms with Crippen molar-refractivity contribution in [2.45, 2.75) is 17.8 Å². The minimum absolute atomic E-state index is 0.0931. The van der Waals surface area contributed by atoms with E-state index in [9.17, 15) is 36.4 Å². The zero-order valence-corrected chi connectivity index (χ0v) is 18.8. The molecule has 14 heteroatoms. The van der Waals surface area contributed by atoms with Crippen molar-refractivity contribution in [1.82, 2.24) is 4.90 Å². The average Bonchev–Trinajstić information content (AvgIpc) is 3.01. The molecule has 1 N–H and O–H groups in total. The van der Waals surface area contributed by atoms with Gasteiger partial charge in [-0.1, -0.05) is 11.6 Å². The van der Waals surface area contributed by atoms with Crippen LogP contribution in [0.4, 0.5) is 18.9 Å². The first-order valence-corrected chi connectivity index (χ1v) is 11.5. The van der Waals surface area contributed by atoms with E-state index in [1.54, 1.807) is 0 Å². The van der Waals surface area contributed by atoms with E-state index < -0.39 is 38.8 Å². The van der Waals surface area contributed by atoms with Gasteiger partial charge < -0.3 is 9.94 Å². The fraction of sp³-hybridized carbons (Fsp3) is 0.0952. The zero-order valence-electron chi connectivity index (χ0n) is 17.2. The summed E-state index contributed by atoms with van der Waals surface area (Å²) in [6, 6.07) is 8.75. The van der Waals surface area contributed by atoms with Crippen LogP contribution in [0, 0.1) is 5.21 Å². The van der Waals surface area contributed by atoms with Crippen molar-refractivity contribution in [1.29, 1.82) is 0 Å². The van der Waals surface area contributed by atoms with Crippen LogP contribution in [-0.2, 0) is 16.6 Å². The van der Waals surface area contributed by atoms with Crippen molar-refractivity contribution in [3.8, 4) is 5.75 Å². The number of rotatable bonds is 6. The molecule has 1 aromatic heterocycles. The van der Waals surface area contributed by atoms with Crippen molar-refractivity contribution in [3.63, 3.8) is 0 Å². The first-order chi connectivity index (χ1) is 16.4. The average molecular weight is 528 g/mol. The van der Waals surface area contributed by atoms with Crippen LogP contribution in [0.25, 0.3) is 0 Å². The van der Waals surface area contributed by atoms with Crippen molar-refractivity contribution in [2.24, 2.45) is 0 Å². The Bertz CT molecular complexity index is 1450. The molecule has 3 aromatic rings. The summed E-state index contributed by atoms with van der Waals surface area (Å²) in [5.74, 6) is -2.26. The second kappa shape index (κ2) is 8.74. The molecule has 9 nitrogen and oxygen atoms in total. The second-order valence-corrected chi connectivity index (χ2v) is 9.33. The van der Waals surface area contributed by atoms with E-state index in [1.807, 2.05) is 0 Å². The van der Waals surface area contributed by atoms with Crippen LogP contribution in [0.3, 0.4) is 0 Å². The van der Waals surface area contributed by atoms with Gasteiger partial charge in [-0.15, -0.1) is 13.2 Å². The highest BCUT2D eigenvalue weighted by Gasteiger charge is 2.40. The quantitative estimate of drug-likeness (QED) is 0.298. The number of anilines is 1. The second-order valence-electron chi connectivity index (χ2n) is 7.24. The molecule has 0 radical (unpaired) electrons. The maximum absolute atomic E-state index is 13.1. The Labute approximate surface area is 200 Å². The third kappa shape index (κ3) is 5.00. The molecule has 2 heterocycles. The maximum atomic E-state index is 13.1. The Morgan fingerprint density at radius 2 is 1.69 bits per heavy atom. The number of carbonyl (C=O) groups is 2. The molecular formula is C21H13ClF3N3O6S. The highest BCUT2D eigenvalue weighted by molar-refractivity contribution is 7.92. The molecule has 4 rings (SSSR count). The number of fused-ring (bicyclic) bond motifs is 1. The molecule has 2 aromatic carbocycles. The molecule has 1 aliphatic heterocycles. The molecule has 2 amide bonds. The van der Waals surface area contributed by atoms with Crippen LogP contribution in [0.15, 0.2) is 65.8 Å². The lowest BCUT2D eigenvalue weighted by Gasteiger charge is -2.14. The summed E-state index contributed by atoms with van der Waals surface area (Å²) in [5.41, 5.74) is -0.435. The summed E-state index contributed by atoms with van der Waals surface area (Å²) < 4.78 is 69.0. The first kappa shape index (κ1) is 24.3. The van der Waals surface area contributed by atoms with Gasteiger partial charge in [0.1, 0.15) is 5.75 Å². The molecule has 0 saturated heterocycles. The predicted octanol–water partition coefficient (Wildman–Crippen LogP) is 3.47. The minimum atomic E-state index is -4.95. The number of hydrogen-bond donors (Lipinski definition) is 1. The number of nitrogens with one attached hydrogen (secondary N) is 1. The standard InChI is InChI=1S/C21H13ClF3N3O6S/c22-15-7-8-16(26-35(32,33)14-5-3-13(4-6-14)34-21(23,24)25)18-17(15)19(29)28(20(18)30)11-12-2-1-9-27(31)10-12/h1-10,26H,11H2. The number of nitrogens with zero attached hydrogens (tertiary/aromatic N) is 2. The smallest absolute Gasteiger partial charge is 0.573 e. The molecule has 0 fully saturated rings. The first-order valence-electron chi connectivity index (χ1n) is 9.61. The lowest BCUT2D eigenvalue weighted by atomic mass is 10.1. The number of ether oxygens (including phenoxy) is 1. The third-order valence-electron chi connectivity index (χ3n) is 4.86. The Balaban J connectivity index is 1.64. The van der Waals surface area contributed by atoms with Gasteiger partial charge in [0.2, 0.25) is 0 Å². The number of halogens is 4. The van der Waals surface area contributed by atoms with E-state index >= 15 is 0 Å². The summed E-state index contributed by atoms with van der Waals surface area (Å²) in [5, 5.41) is 11.4. The fourth-order valence-electron chi connectivity index (χ4n) is 3.40. The molecule has 0 unspecified atom stereocenters. The van der Waals surface area contributed by atoms with Gasteiger partial charge in [0.25, 0.3) is 21.8 Å². The predicted molar refractivity (Wildman–Crippen MR) is 115 cm³/mol. The summed E-state index contributed by atoms with van der Waals surface area (Å²) >= 11 is 6.12. The lowest BCUT2D eigenvalue weighted by molar-refractivity contribution is -0.605. The van der Waals surface area contributed by atoms with Gasteiger partial charge in [0, 0.05) is 11.6 Å². The van der Waals surface area contributed by atoms with Gasteiger partial charge >= 0.3 is 6.36 Å². The molecule has 0 aliphatic carbocycles. The number of carbonyl (C=O) groups excluding carboxylic acids is 2. The molecule has 182 valence electrons. The van der Waals surface area contributed by atoms with Gasteiger partial charge in [-0.2, -0.15) is 4.73 Å². The zero-order chi connectivity index (χ0) is 25.5. The molecule has 0 atom stereocenters. The van der Waals surface area contributed by atoms with Gasteiger partial charge in [0.05, 0.1) is 33.3 Å². The SMILES string of the molecule is O=C1c2c(Cl)ccc(NS(=O)(=O)c3ccc(OC(F)(F)F)cc3)c2C(=O)N1Cc1ccc[n+]([O-])c1. The van der Waals surface area contributed by atoms with Gasteiger partial charge in [0.15, 0.2) is 12.4 Å². The summed E-state index contributed by atoms with van der Waals surface area (Å²) in [4.78, 5) is 26.4. The number of pyridine rings is 1. The van der Waals surface area contributed by atoms with Crippen LogP contribution in [0.5, 0.6) is 5.75 Å². The van der Waals surface area contributed by atoms with E-state index in [2.05, 4.69) is 9.46 Å². The highest BCUT2D eigenvalue weighted by Crippen LogP contribution is 2.36. The van der Waals surface area contributed by atoms with E-state index in [0.717, 1.165) is 29.2 Å². The van der Waals surface area contributed by atoms with E-state index in [0.29, 0.717) is 10.3 Å². The Hall–Kier alpha value is -3.84. The van der Waals surface area contributed by atoms with Gasteiger partial charge in [-0.05, 0) is 42.5 Å². The molecule has 0 bridgehead atoms. The number of alkyl halides is 3. The van der Waals surface area contributed by atoms with Crippen LogP contribution in [-0.4, -0.2) is 31.5 Å². The number of benzene rings is 2. The minimum Gasteiger partial charge on any atom is -0.619 e. The Kier molecular flexibility index (Phi) is 6.07. The van der Waals surface area contributed by atoms with Crippen LogP contribution < -0.4 is 14.2 Å². The lowest BCUT2D eigenvalue weighted by Crippen LogP contribution is -2.31. The Morgan fingerprint density at radius 1 is 1.03 bits per heavy atom. The number of sulfonamides is 1. The summed E-state index contributed by atoms with van der Waals surface area (Å²) in [7, 11) is -4.39. The normalized spacial score (nSPS) is 13.7. The summed E-state index contributed by atoms with van der Waals surface area (Å²) in [6.07, 6.45) is -2.56. The fourth-order valence-corrected chi connectivity index (χ4v) is 4.71. The van der Waals surface area contributed by atoms with Crippen LogP contribution in [0.2, 0.25) is 5.02 Å². The van der Waals surface area contributed by atoms with Crippen molar-refractivity contribution in [2.75, 3.05) is 4.72 Å². The highest BCUT2D eigenvalue weighted by atomic mass is 35.5. The van der Waals surface area contributed by atoms with Gasteiger partial charge in [-0.25, -0.2) is 8.42 Å². The number of amides is 2. The third-order valence-corrected chi connectivity index (χ3v) is 6.56. The monoisotopic (exact) mass is 527 g/mol. The number of hydrogen-bond acceptors (Lipinski definition) is 6. The van der Waals surface area contributed by atoms with Crippen LogP contribution >= 0.6 is 11.6 Å². The summed E-state index contributed by atoms with van der Waals surface area (Å²) in [6.45, 7) is -0.265. The number of aromatic nitrogens is 1. The Morgan fingerprint density at radius 3 is 2.31 bits per heavy atom. The van der Waals surface area contributed by atoms with Gasteiger partial charge in [-0.3, -0.25) is 19.2 Å². The number of imide groups is 1. The molecular weight excluding hydrogens is 515 g/mol. The van der Waals surface area contributed by atoms with Crippen molar-refractivity contribution < 1.29 is 40.6 Å². The topological polar surface area (TPSA) is 120 Å². The van der Waals surface area contributed by atoms with E-state index in [4.69, 9.17) is 11.6 Å². The largest absolute Gasteiger partial charge is 0.619 e. The van der Waals surface area contributed by atoms with Crippen molar-refractivity contribution in [3.05, 3.63) is 87.8 Å². The van der Waals surface area contributed by atoms with E-state index in [1.165, 1.54) is 36.7 Å². The molecule has 0 spiro atoms. The van der Waals surface area contributed by atoms with Crippen molar-refractivity contribution >= 4 is 39.1 Å². The molecule has 0 saturated carbocycles. The molecule has 1 aliphatic rings. The molecule has 35 heavy (non-hydrogen) atoms.